The highest BCUT2D eigenvalue weighted by molar-refractivity contribution is 7.09. The molecule has 1 N–H and O–H groups in total. The quantitative estimate of drug-likeness (QED) is 0.285. The number of carbonyl (C=O) groups is 4. The maximum absolute atomic E-state index is 13.3. The number of amides is 2. The van der Waals surface area contributed by atoms with E-state index in [0.717, 1.165) is 5.56 Å². The van der Waals surface area contributed by atoms with Crippen LogP contribution in [0, 0.1) is 17.8 Å². The van der Waals surface area contributed by atoms with Gasteiger partial charge in [0.05, 0.1) is 13.0 Å². The highest BCUT2D eigenvalue weighted by atomic mass is 32.1. The summed E-state index contributed by atoms with van der Waals surface area (Å²) < 4.78 is 10.5. The number of benzene rings is 1. The van der Waals surface area contributed by atoms with Crippen molar-refractivity contribution in [3.63, 3.8) is 0 Å². The van der Waals surface area contributed by atoms with E-state index in [1.807, 2.05) is 58.0 Å². The SMILES string of the molecule is COC(=O)C(C)CC(Cc1ccccc1)NC(=O)c1csc(C(CC(C(C)C)N(C)C(=O)CC(C)C)OC(C)=O)n1. The van der Waals surface area contributed by atoms with Crippen LogP contribution < -0.4 is 5.32 Å². The molecule has 10 heteroatoms. The number of rotatable bonds is 15. The molecule has 4 atom stereocenters. The van der Waals surface area contributed by atoms with Crippen LogP contribution in [0.15, 0.2) is 35.7 Å². The van der Waals surface area contributed by atoms with Crippen LogP contribution in [-0.4, -0.2) is 59.9 Å². The highest BCUT2D eigenvalue weighted by Gasteiger charge is 2.31. The molecule has 2 aromatic rings. The van der Waals surface area contributed by atoms with Gasteiger partial charge in [-0.3, -0.25) is 19.2 Å². The first kappa shape index (κ1) is 33.9. The van der Waals surface area contributed by atoms with Crippen molar-refractivity contribution in [2.24, 2.45) is 17.8 Å². The normalized spacial score (nSPS) is 14.2. The van der Waals surface area contributed by atoms with E-state index >= 15 is 0 Å². The number of methoxy groups -OCH3 is 1. The smallest absolute Gasteiger partial charge is 0.308 e. The summed E-state index contributed by atoms with van der Waals surface area (Å²) in [6, 6.07) is 9.20. The topological polar surface area (TPSA) is 115 Å². The predicted octanol–water partition coefficient (Wildman–Crippen LogP) is 5.21. The fourth-order valence-electron chi connectivity index (χ4n) is 4.79. The van der Waals surface area contributed by atoms with Crippen LogP contribution in [0.25, 0.3) is 0 Å². The Bertz CT molecular complexity index is 1150. The van der Waals surface area contributed by atoms with Crippen LogP contribution >= 0.6 is 11.3 Å². The van der Waals surface area contributed by atoms with Crippen molar-refractivity contribution >= 4 is 35.1 Å². The Morgan fingerprint density at radius 2 is 1.68 bits per heavy atom. The average Bonchev–Trinajstić information content (AvgIpc) is 3.40. The van der Waals surface area contributed by atoms with Gasteiger partial charge in [0.2, 0.25) is 5.91 Å². The standard InChI is InChI=1S/C31H45N3O6S/c1-19(2)14-28(36)34(7)26(20(3)4)17-27(40-22(6)35)30-33-25(18-41-30)29(37)32-24(15-21(5)31(38)39-8)16-23-12-10-9-11-13-23/h9-13,18-21,24,26-27H,14-17H2,1-8H3,(H,32,37). The van der Waals surface area contributed by atoms with Gasteiger partial charge in [-0.25, -0.2) is 4.98 Å². The number of ether oxygens (including phenoxy) is 2. The summed E-state index contributed by atoms with van der Waals surface area (Å²) in [5.41, 5.74) is 1.23. The van der Waals surface area contributed by atoms with E-state index < -0.39 is 18.0 Å². The molecule has 9 nitrogen and oxygen atoms in total. The molecule has 2 amide bonds. The van der Waals surface area contributed by atoms with E-state index in [1.165, 1.54) is 25.4 Å². The summed E-state index contributed by atoms with van der Waals surface area (Å²) >= 11 is 1.24. The summed E-state index contributed by atoms with van der Waals surface area (Å²) in [6.07, 6.45) is 1.01. The van der Waals surface area contributed by atoms with Gasteiger partial charge in [-0.1, -0.05) is 65.0 Å². The summed E-state index contributed by atoms with van der Waals surface area (Å²) in [4.78, 5) is 56.5. The second kappa shape index (κ2) is 16.2. The summed E-state index contributed by atoms with van der Waals surface area (Å²) in [6.45, 7) is 11.2. The fraction of sp³-hybridized carbons (Fsp3) is 0.581. The lowest BCUT2D eigenvalue weighted by molar-refractivity contribution is -0.148. The molecule has 0 spiro atoms. The molecule has 4 unspecified atom stereocenters. The molecule has 1 heterocycles. The van der Waals surface area contributed by atoms with Crippen molar-refractivity contribution in [2.45, 2.75) is 85.4 Å². The van der Waals surface area contributed by atoms with E-state index in [2.05, 4.69) is 10.3 Å². The van der Waals surface area contributed by atoms with E-state index in [9.17, 15) is 19.2 Å². The highest BCUT2D eigenvalue weighted by Crippen LogP contribution is 2.31. The predicted molar refractivity (Wildman–Crippen MR) is 159 cm³/mol. The van der Waals surface area contributed by atoms with Gasteiger partial charge in [-0.2, -0.15) is 0 Å². The van der Waals surface area contributed by atoms with Crippen LogP contribution in [0.1, 0.15) is 88.0 Å². The molecule has 2 rings (SSSR count). The number of hydrogen-bond acceptors (Lipinski definition) is 8. The van der Waals surface area contributed by atoms with Crippen LogP contribution in [0.2, 0.25) is 0 Å². The Balaban J connectivity index is 2.25. The third kappa shape index (κ3) is 10.9. The maximum Gasteiger partial charge on any atom is 0.308 e. The Kier molecular flexibility index (Phi) is 13.4. The molecule has 0 aliphatic carbocycles. The van der Waals surface area contributed by atoms with Gasteiger partial charge in [0.1, 0.15) is 10.7 Å². The third-order valence-electron chi connectivity index (χ3n) is 6.94. The second-order valence-corrected chi connectivity index (χ2v) is 12.2. The molecule has 226 valence electrons. The Morgan fingerprint density at radius 3 is 2.24 bits per heavy atom. The molecule has 1 aromatic carbocycles. The lowest BCUT2D eigenvalue weighted by atomic mass is 9.95. The first-order valence-corrected chi connectivity index (χ1v) is 15.0. The zero-order chi connectivity index (χ0) is 30.7. The van der Waals surface area contributed by atoms with Gasteiger partial charge in [0, 0.05) is 44.3 Å². The van der Waals surface area contributed by atoms with Crippen LogP contribution in [-0.2, 0) is 30.3 Å². The lowest BCUT2D eigenvalue weighted by Gasteiger charge is -2.34. The summed E-state index contributed by atoms with van der Waals surface area (Å²) in [5.74, 6) is -1.22. The van der Waals surface area contributed by atoms with Gasteiger partial charge in [0.15, 0.2) is 6.10 Å². The molecule has 0 aliphatic heterocycles. The van der Waals surface area contributed by atoms with Gasteiger partial charge in [-0.15, -0.1) is 11.3 Å². The molecule has 0 radical (unpaired) electrons. The van der Waals surface area contributed by atoms with Crippen LogP contribution in [0.5, 0.6) is 0 Å². The minimum atomic E-state index is -0.708. The van der Waals surface area contributed by atoms with Crippen molar-refractivity contribution in [1.29, 1.82) is 0 Å². The number of nitrogens with one attached hydrogen (secondary N) is 1. The first-order chi connectivity index (χ1) is 19.3. The molecular formula is C31H45N3O6S. The van der Waals surface area contributed by atoms with Gasteiger partial charge in [0.25, 0.3) is 5.91 Å². The van der Waals surface area contributed by atoms with Gasteiger partial charge >= 0.3 is 11.9 Å². The minimum Gasteiger partial charge on any atom is -0.469 e. The zero-order valence-corrected chi connectivity index (χ0v) is 26.3. The summed E-state index contributed by atoms with van der Waals surface area (Å²) in [5, 5.41) is 5.16. The van der Waals surface area contributed by atoms with E-state index in [4.69, 9.17) is 9.47 Å². The van der Waals surface area contributed by atoms with Gasteiger partial charge < -0.3 is 19.7 Å². The van der Waals surface area contributed by atoms with Crippen LogP contribution in [0.4, 0.5) is 0 Å². The summed E-state index contributed by atoms with van der Waals surface area (Å²) in [7, 11) is 3.13. The van der Waals surface area contributed by atoms with Crippen molar-refractivity contribution < 1.29 is 28.7 Å². The zero-order valence-electron chi connectivity index (χ0n) is 25.5. The molecule has 0 aliphatic rings. The molecule has 0 saturated heterocycles. The van der Waals surface area contributed by atoms with Crippen molar-refractivity contribution in [2.75, 3.05) is 14.2 Å². The maximum atomic E-state index is 13.3. The number of nitrogens with zero attached hydrogens (tertiary/aromatic N) is 2. The lowest BCUT2D eigenvalue weighted by Crippen LogP contribution is -2.42. The Labute approximate surface area is 248 Å². The largest absolute Gasteiger partial charge is 0.469 e. The number of carbonyl (C=O) groups excluding carboxylic acids is 4. The van der Waals surface area contributed by atoms with Crippen LogP contribution in [0.3, 0.4) is 0 Å². The molecule has 1 aromatic heterocycles. The van der Waals surface area contributed by atoms with Crippen molar-refractivity contribution in [3.8, 4) is 0 Å². The number of aromatic nitrogens is 1. The second-order valence-electron chi connectivity index (χ2n) is 11.3. The average molecular weight is 588 g/mol. The number of esters is 2. The first-order valence-electron chi connectivity index (χ1n) is 14.1. The van der Waals surface area contributed by atoms with Gasteiger partial charge in [-0.05, 0) is 30.2 Å². The van der Waals surface area contributed by atoms with E-state index in [1.54, 1.807) is 24.3 Å². The molecule has 41 heavy (non-hydrogen) atoms. The third-order valence-corrected chi connectivity index (χ3v) is 7.88. The van der Waals surface area contributed by atoms with E-state index in [0.29, 0.717) is 30.7 Å². The number of thiazole rings is 1. The Morgan fingerprint density at radius 1 is 1.02 bits per heavy atom. The number of hydrogen-bond donors (Lipinski definition) is 1. The fourth-order valence-corrected chi connectivity index (χ4v) is 5.63. The molecular weight excluding hydrogens is 542 g/mol. The molecule has 0 fully saturated rings. The molecule has 0 bridgehead atoms. The Hall–Kier alpha value is -3.27. The van der Waals surface area contributed by atoms with Crippen molar-refractivity contribution in [1.82, 2.24) is 15.2 Å². The monoisotopic (exact) mass is 587 g/mol. The minimum absolute atomic E-state index is 0.0325. The van der Waals surface area contributed by atoms with E-state index in [-0.39, 0.29) is 47.4 Å². The van der Waals surface area contributed by atoms with Crippen molar-refractivity contribution in [3.05, 3.63) is 52.0 Å². The molecule has 0 saturated carbocycles.